The van der Waals surface area contributed by atoms with Crippen LogP contribution in [0.5, 0.6) is 5.75 Å². The van der Waals surface area contributed by atoms with Crippen LogP contribution in [-0.2, 0) is 30.4 Å². The second-order valence-electron chi connectivity index (χ2n) is 10.4. The van der Waals surface area contributed by atoms with Crippen LogP contribution in [0.3, 0.4) is 0 Å². The Labute approximate surface area is 368 Å². The smallest absolute Gasteiger partial charge is 0.744 e. The fraction of sp³-hybridized carbons (Fsp3) is 0.0588. The Hall–Kier alpha value is -2.03. The quantitative estimate of drug-likeness (QED) is 0.105. The van der Waals surface area contributed by atoms with Crippen LogP contribution in [0.1, 0.15) is 11.1 Å². The first-order valence-corrected chi connectivity index (χ1v) is 18.3. The van der Waals surface area contributed by atoms with E-state index in [2.05, 4.69) is 48.1 Å². The van der Waals surface area contributed by atoms with E-state index in [0.29, 0.717) is 5.39 Å². The van der Waals surface area contributed by atoms with Gasteiger partial charge < -0.3 is 18.8 Å². The maximum Gasteiger partial charge on any atom is 1.00 e. The molecule has 12 nitrogen and oxygen atoms in total. The zero-order valence-electron chi connectivity index (χ0n) is 28.8. The zero-order chi connectivity index (χ0) is 36.0. The van der Waals surface area contributed by atoms with Crippen molar-refractivity contribution in [2.45, 2.75) is 28.5 Å². The molecular formula is C34H27N2Na3O10S3. The Bertz CT molecular complexity index is 2390. The molecule has 0 saturated heterocycles. The number of nitrogens with zero attached hydrogens (tertiary/aromatic N) is 2. The van der Waals surface area contributed by atoms with E-state index in [9.17, 15) is 44.0 Å². The number of aryl methyl sites for hydroxylation is 2. The maximum atomic E-state index is 11.9. The van der Waals surface area contributed by atoms with Crippen LogP contribution < -0.4 is 88.7 Å². The molecule has 2 aromatic heterocycles. The summed E-state index contributed by atoms with van der Waals surface area (Å²) in [6.07, 6.45) is 7.00. The zero-order valence-corrected chi connectivity index (χ0v) is 37.2. The van der Waals surface area contributed by atoms with Crippen molar-refractivity contribution in [2.75, 3.05) is 0 Å². The molecule has 0 atom stereocenters. The molecular weight excluding hydrogens is 762 g/mol. The third kappa shape index (κ3) is 12.2. The molecule has 0 fully saturated rings. The average molecular weight is 789 g/mol. The minimum atomic E-state index is -5.89. The number of phenols is 1. The van der Waals surface area contributed by atoms with Gasteiger partial charge in [-0.1, -0.05) is 71.8 Å². The van der Waals surface area contributed by atoms with Gasteiger partial charge in [-0.05, 0) is 55.6 Å². The van der Waals surface area contributed by atoms with E-state index in [1.54, 1.807) is 24.8 Å². The fourth-order valence-corrected chi connectivity index (χ4v) is 8.35. The number of hydrogen-bond acceptors (Lipinski definition) is 12. The van der Waals surface area contributed by atoms with Gasteiger partial charge in [0.15, 0.2) is 0 Å². The van der Waals surface area contributed by atoms with Crippen molar-refractivity contribution < 1.29 is 133 Å². The number of aromatic nitrogens is 2. The molecule has 0 aliphatic rings. The first kappa shape index (κ1) is 48.0. The number of phenolic OH excluding ortho intramolecular Hbond substituents is 1. The van der Waals surface area contributed by atoms with E-state index in [1.807, 2.05) is 36.4 Å². The van der Waals surface area contributed by atoms with E-state index in [4.69, 9.17) is 0 Å². The topological polar surface area (TPSA) is 218 Å². The average Bonchev–Trinajstić information content (AvgIpc) is 3.06. The second-order valence-corrected chi connectivity index (χ2v) is 14.3. The van der Waals surface area contributed by atoms with Gasteiger partial charge in [0.05, 0.1) is 14.7 Å². The third-order valence-electron chi connectivity index (χ3n) is 6.89. The summed E-state index contributed by atoms with van der Waals surface area (Å²) in [5, 5.41) is 9.30. The van der Waals surface area contributed by atoms with E-state index < -0.39 is 55.8 Å². The predicted molar refractivity (Wildman–Crippen MR) is 180 cm³/mol. The van der Waals surface area contributed by atoms with E-state index in [-0.39, 0.29) is 111 Å². The number of pyridine rings is 2. The van der Waals surface area contributed by atoms with Gasteiger partial charge in [0.25, 0.3) is 0 Å². The summed E-state index contributed by atoms with van der Waals surface area (Å²) < 4.78 is 107. The molecule has 2 heterocycles. The van der Waals surface area contributed by atoms with Crippen molar-refractivity contribution in [1.29, 1.82) is 0 Å². The number of hydrogen-bond donors (Lipinski definition) is 1. The molecule has 52 heavy (non-hydrogen) atoms. The van der Waals surface area contributed by atoms with Crippen LogP contribution in [0, 0.1) is 13.8 Å². The van der Waals surface area contributed by atoms with Crippen LogP contribution in [0.15, 0.2) is 137 Å². The van der Waals surface area contributed by atoms with Crippen LogP contribution in [-0.4, -0.2) is 54.0 Å². The van der Waals surface area contributed by atoms with Gasteiger partial charge in [-0.25, -0.2) is 25.3 Å². The molecule has 0 aliphatic carbocycles. The Kier molecular flexibility index (Phi) is 19.0. The molecule has 5 aromatic carbocycles. The van der Waals surface area contributed by atoms with Gasteiger partial charge in [0.1, 0.15) is 36.1 Å². The van der Waals surface area contributed by atoms with Gasteiger partial charge in [-0.3, -0.25) is 9.97 Å². The predicted octanol–water partition coefficient (Wildman–Crippen LogP) is -3.52. The number of aromatic hydroxyl groups is 1. The van der Waals surface area contributed by atoms with Gasteiger partial charge in [-0.2, -0.15) is 0 Å². The molecule has 18 heteroatoms. The van der Waals surface area contributed by atoms with Crippen LogP contribution in [0.2, 0.25) is 0 Å². The first-order chi connectivity index (χ1) is 23.0. The Morgan fingerprint density at radius 1 is 0.462 bits per heavy atom. The molecule has 1 N–H and O–H groups in total. The summed E-state index contributed by atoms with van der Waals surface area (Å²) >= 11 is 0. The van der Waals surface area contributed by atoms with Gasteiger partial charge in [-0.15, -0.1) is 0 Å². The maximum absolute atomic E-state index is 11.9. The summed E-state index contributed by atoms with van der Waals surface area (Å²) in [5.41, 5.74) is 2.66. The van der Waals surface area contributed by atoms with Crippen molar-refractivity contribution in [1.82, 2.24) is 9.97 Å². The molecule has 0 amide bonds. The normalized spacial score (nSPS) is 10.9. The number of benzene rings is 5. The third-order valence-corrected chi connectivity index (χ3v) is 9.91. The number of rotatable bonds is 3. The molecule has 0 bridgehead atoms. The SMILES string of the molecule is Cc1ccc(C)cc1.O=S(=O)([O-])c1c(S(=O)(=O)[O-])c2ccc3ccc(O)c4ccc(c1S(=O)(=O)[O-])c2c34.[Na+].[Na+].[Na+].c1ccncc1.c1ccncc1. The second kappa shape index (κ2) is 20.6. The summed E-state index contributed by atoms with van der Waals surface area (Å²) in [6, 6.07) is 27.1. The Morgan fingerprint density at radius 3 is 1.13 bits per heavy atom. The molecule has 0 radical (unpaired) electrons. The summed E-state index contributed by atoms with van der Waals surface area (Å²) in [6.45, 7) is 4.19. The van der Waals surface area contributed by atoms with Crippen molar-refractivity contribution >= 4 is 62.7 Å². The standard InChI is InChI=1S/C16H10O10S3.C8H10.2C5H5N.3Na/c17-11-6-2-7-1-3-9-13-10(5-4-8(11)12(7)13)15(28(21,22)23)16(29(24,25)26)14(9)27(18,19)20;1-7-3-5-8(2)6-4-7;2*1-2-4-6-5-3-1;;;/h1-6,17H,(H,18,19,20)(H,21,22,23)(H,24,25,26);3-6H,1-2H3;2*1-5H;;;/q;;;;3*+1/p-3. The molecule has 0 aliphatic heterocycles. The van der Waals surface area contributed by atoms with Crippen molar-refractivity contribution in [3.8, 4) is 5.75 Å². The molecule has 0 saturated carbocycles. The molecule has 7 aromatic rings. The summed E-state index contributed by atoms with van der Waals surface area (Å²) in [4.78, 5) is 2.43. The first-order valence-electron chi connectivity index (χ1n) is 14.1. The van der Waals surface area contributed by atoms with Gasteiger partial charge in [0, 0.05) is 51.7 Å². The Morgan fingerprint density at radius 2 is 0.808 bits per heavy atom. The fourth-order valence-electron chi connectivity index (χ4n) is 4.84. The molecule has 0 unspecified atom stereocenters. The molecule has 254 valence electrons. The van der Waals surface area contributed by atoms with Crippen molar-refractivity contribution in [2.24, 2.45) is 0 Å². The Balaban J connectivity index is 0.000000477. The molecule has 7 rings (SSSR count). The largest absolute Gasteiger partial charge is 1.00 e. The minimum absolute atomic E-state index is 0. The van der Waals surface area contributed by atoms with Gasteiger partial charge in [0.2, 0.25) is 0 Å². The van der Waals surface area contributed by atoms with E-state index >= 15 is 0 Å². The van der Waals surface area contributed by atoms with E-state index in [0.717, 1.165) is 12.1 Å². The van der Waals surface area contributed by atoms with Crippen LogP contribution in [0.4, 0.5) is 0 Å². The summed E-state index contributed by atoms with van der Waals surface area (Å²) in [5.74, 6) is -0.273. The van der Waals surface area contributed by atoms with Gasteiger partial charge >= 0.3 is 88.7 Å². The van der Waals surface area contributed by atoms with Crippen LogP contribution in [0.25, 0.3) is 32.3 Å². The summed E-state index contributed by atoms with van der Waals surface area (Å²) in [7, 11) is -17.3. The van der Waals surface area contributed by atoms with Crippen molar-refractivity contribution in [3.05, 3.63) is 133 Å². The monoisotopic (exact) mass is 788 g/mol. The molecule has 0 spiro atoms. The minimum Gasteiger partial charge on any atom is -0.744 e. The van der Waals surface area contributed by atoms with Crippen molar-refractivity contribution in [3.63, 3.8) is 0 Å². The van der Waals surface area contributed by atoms with Crippen LogP contribution >= 0.6 is 0 Å². The van der Waals surface area contributed by atoms with E-state index in [1.165, 1.54) is 35.4 Å².